The Balaban J connectivity index is 1.28. The molecule has 66 heavy (non-hydrogen) atoms. The van der Waals surface area contributed by atoms with Gasteiger partial charge in [0.1, 0.15) is 29.9 Å². The van der Waals surface area contributed by atoms with E-state index < -0.39 is 53.3 Å². The fraction of sp³-hybridized carbons (Fsp3) is 0.520. The lowest BCUT2D eigenvalue weighted by molar-refractivity contribution is -0.155. The van der Waals surface area contributed by atoms with Crippen LogP contribution in [0.1, 0.15) is 78.0 Å². The number of hydrogen-bond acceptors (Lipinski definition) is 11. The molecule has 0 radical (unpaired) electrons. The smallest absolute Gasteiger partial charge is 0.324 e. The number of hydrazine groups is 1. The molecule has 5 heterocycles. The Hall–Kier alpha value is -5.84. The number of cyclic esters (lactones) is 1. The number of aromatic nitrogens is 2. The van der Waals surface area contributed by atoms with Crippen molar-refractivity contribution in [3.05, 3.63) is 71.5 Å². The van der Waals surface area contributed by atoms with E-state index in [4.69, 9.17) is 9.47 Å². The first-order valence-electron chi connectivity index (χ1n) is 23.0. The van der Waals surface area contributed by atoms with Gasteiger partial charge in [-0.25, -0.2) is 5.43 Å². The second kappa shape index (κ2) is 19.2. The maximum absolute atomic E-state index is 14.7. The van der Waals surface area contributed by atoms with Gasteiger partial charge in [-0.2, -0.15) is 0 Å². The van der Waals surface area contributed by atoms with Crippen LogP contribution in [0.2, 0.25) is 0 Å². The lowest BCUT2D eigenvalue weighted by Crippen LogP contribution is -2.62. The van der Waals surface area contributed by atoms with Gasteiger partial charge in [-0.15, -0.1) is 0 Å². The summed E-state index contributed by atoms with van der Waals surface area (Å²) in [6.07, 6.45) is 5.09. The molecule has 3 aliphatic rings. The van der Waals surface area contributed by atoms with Crippen LogP contribution in [-0.4, -0.2) is 130 Å². The third kappa shape index (κ3) is 10.1. The number of phenols is 1. The largest absolute Gasteiger partial charge is 0.508 e. The molecule has 2 aromatic heterocycles. The highest BCUT2D eigenvalue weighted by atomic mass is 16.5. The molecule has 2 aromatic carbocycles. The Morgan fingerprint density at radius 3 is 2.48 bits per heavy atom. The molecule has 4 aromatic rings. The van der Waals surface area contributed by atoms with Crippen molar-refractivity contribution >= 4 is 40.5 Å². The molecular formula is C50H66N8O8. The third-order valence-electron chi connectivity index (χ3n) is 13.2. The number of ether oxygens (including phenoxy) is 2. The van der Waals surface area contributed by atoms with Gasteiger partial charge in [0.25, 0.3) is 5.91 Å². The number of fused-ring (bicyclic) bond motifs is 6. The summed E-state index contributed by atoms with van der Waals surface area (Å²) in [5.74, 6) is -2.59. The van der Waals surface area contributed by atoms with Gasteiger partial charge < -0.3 is 34.3 Å². The zero-order chi connectivity index (χ0) is 47.8. The Morgan fingerprint density at radius 1 is 1.06 bits per heavy atom. The van der Waals surface area contributed by atoms with Crippen LogP contribution in [0.5, 0.6) is 5.75 Å². The Labute approximate surface area is 387 Å². The van der Waals surface area contributed by atoms with Crippen LogP contribution in [0, 0.1) is 11.3 Å². The summed E-state index contributed by atoms with van der Waals surface area (Å²) in [5.41, 5.74) is 9.32. The Morgan fingerprint density at radius 2 is 1.80 bits per heavy atom. The van der Waals surface area contributed by atoms with E-state index in [1.54, 1.807) is 32.5 Å². The number of aryl methyl sites for hydroxylation is 1. The summed E-state index contributed by atoms with van der Waals surface area (Å²) in [4.78, 5) is 77.0. The first-order valence-corrected chi connectivity index (χ1v) is 23.0. The highest BCUT2D eigenvalue weighted by Gasteiger charge is 2.51. The van der Waals surface area contributed by atoms with Crippen LogP contribution >= 0.6 is 0 Å². The molecular weight excluding hydrogens is 841 g/mol. The summed E-state index contributed by atoms with van der Waals surface area (Å²) in [7, 11) is 4.75. The highest BCUT2D eigenvalue weighted by molar-refractivity contribution is 5.96. The number of pyridine rings is 1. The van der Waals surface area contributed by atoms with Gasteiger partial charge in [0, 0.05) is 80.5 Å². The number of carbonyl (C=O) groups is 5. The van der Waals surface area contributed by atoms with Crippen molar-refractivity contribution in [2.45, 2.75) is 117 Å². The average Bonchev–Trinajstić information content (AvgIpc) is 3.81. The molecule has 16 heteroatoms. The van der Waals surface area contributed by atoms with E-state index in [-0.39, 0.29) is 49.2 Å². The number of hydrogen-bond donors (Lipinski definition) is 4. The second-order valence-corrected chi connectivity index (χ2v) is 19.9. The minimum absolute atomic E-state index is 0.0185. The molecule has 6 bridgehead atoms. The number of carbonyl (C=O) groups excluding carboxylic acids is 5. The minimum Gasteiger partial charge on any atom is -0.508 e. The number of benzene rings is 2. The molecule has 16 nitrogen and oxygen atoms in total. The zero-order valence-electron chi connectivity index (χ0n) is 40.0. The van der Waals surface area contributed by atoms with Gasteiger partial charge in [0.05, 0.1) is 25.5 Å². The topological polar surface area (TPSA) is 198 Å². The van der Waals surface area contributed by atoms with Crippen molar-refractivity contribution in [2.24, 2.45) is 11.3 Å². The molecule has 0 spiro atoms. The number of nitrogens with one attached hydrogen (secondary N) is 3. The number of aromatic hydroxyl groups is 1. The van der Waals surface area contributed by atoms with E-state index in [9.17, 15) is 29.1 Å². The van der Waals surface area contributed by atoms with E-state index in [1.807, 2.05) is 52.1 Å². The monoisotopic (exact) mass is 907 g/mol. The fourth-order valence-electron chi connectivity index (χ4n) is 9.58. The van der Waals surface area contributed by atoms with Gasteiger partial charge >= 0.3 is 5.97 Å². The molecule has 2 saturated heterocycles. The van der Waals surface area contributed by atoms with E-state index in [0.29, 0.717) is 43.5 Å². The maximum Gasteiger partial charge on any atom is 0.324 e. The van der Waals surface area contributed by atoms with E-state index >= 15 is 0 Å². The summed E-state index contributed by atoms with van der Waals surface area (Å²) in [6, 6.07) is 9.96. The van der Waals surface area contributed by atoms with Crippen molar-refractivity contribution in [3.8, 4) is 28.1 Å². The molecule has 4 N–H and O–H groups in total. The molecule has 4 atom stereocenters. The summed E-state index contributed by atoms with van der Waals surface area (Å²) < 4.78 is 14.0. The van der Waals surface area contributed by atoms with E-state index in [1.165, 1.54) is 21.9 Å². The summed E-state index contributed by atoms with van der Waals surface area (Å²) in [5, 5.41) is 19.8. The number of rotatable bonds is 11. The first-order chi connectivity index (χ1) is 31.2. The Bertz CT molecular complexity index is 2510. The first kappa shape index (κ1) is 48.1. The molecule has 3 aliphatic heterocycles. The van der Waals surface area contributed by atoms with Crippen molar-refractivity contribution in [3.63, 3.8) is 0 Å². The van der Waals surface area contributed by atoms with Crippen LogP contribution in [-0.2, 0) is 59.4 Å². The third-order valence-corrected chi connectivity index (χ3v) is 13.2. The highest BCUT2D eigenvalue weighted by Crippen LogP contribution is 2.41. The molecule has 354 valence electrons. The molecule has 0 aliphatic carbocycles. The molecule has 0 saturated carbocycles. The second-order valence-electron chi connectivity index (χ2n) is 19.9. The molecule has 2 fully saturated rings. The predicted octanol–water partition coefficient (Wildman–Crippen LogP) is 4.58. The summed E-state index contributed by atoms with van der Waals surface area (Å²) in [6.45, 7) is 14.9. The van der Waals surface area contributed by atoms with Crippen molar-refractivity contribution < 1.29 is 38.6 Å². The van der Waals surface area contributed by atoms with Crippen LogP contribution in [0.15, 0.2) is 54.9 Å². The number of methoxy groups -OCH3 is 1. The summed E-state index contributed by atoms with van der Waals surface area (Å²) >= 11 is 0. The quantitative estimate of drug-likeness (QED) is 0.121. The minimum atomic E-state index is -1.18. The molecule has 4 amide bonds. The van der Waals surface area contributed by atoms with Crippen LogP contribution in [0.25, 0.3) is 33.3 Å². The van der Waals surface area contributed by atoms with Gasteiger partial charge in [-0.1, -0.05) is 39.8 Å². The van der Waals surface area contributed by atoms with Crippen LogP contribution in [0.3, 0.4) is 0 Å². The average molecular weight is 907 g/mol. The molecule has 1 unspecified atom stereocenters. The fourth-order valence-corrected chi connectivity index (χ4v) is 9.58. The van der Waals surface area contributed by atoms with Crippen LogP contribution in [0.4, 0.5) is 0 Å². The van der Waals surface area contributed by atoms with Gasteiger partial charge in [0.15, 0.2) is 0 Å². The zero-order valence-corrected chi connectivity index (χ0v) is 40.0. The molecule has 7 rings (SSSR count). The number of likely N-dealkylation sites (N-methyl/N-ethyl adjacent to an activating group) is 2. The van der Waals surface area contributed by atoms with Gasteiger partial charge in [-0.3, -0.25) is 39.3 Å². The number of phenolic OH excluding ortho intramolecular Hbond substituents is 1. The maximum atomic E-state index is 14.7. The number of esters is 1. The lowest BCUT2D eigenvalue weighted by atomic mass is 9.84. The number of nitrogens with zero attached hydrogens (tertiary/aromatic N) is 5. The van der Waals surface area contributed by atoms with Gasteiger partial charge in [0.2, 0.25) is 17.7 Å². The standard InChI is InChI=1S/C50H66N8O8/c1-11-57-40-15-14-31-23-35(40)36(43(57)37-25-51-17-16-32(37)27-65-10)24-49(4,5)28-66-48(64)38-13-12-18-58(54-38)46(62)39(21-30-19-33(31)22-34(59)20-30)52-45(61)42(29(2)3)56(9)41(60)26-55(8)47(63)44-50(6,7)53-44/h14-17,19-20,22-23,25,29,38-39,42,44,53-54,59H,11-13,18,21,24,26-28H2,1-10H3,(H,52,61)/t38-,39-,42?,44-/m0/s1. The lowest BCUT2D eigenvalue weighted by Gasteiger charge is -2.37. The van der Waals surface area contributed by atoms with Crippen molar-refractivity contribution in [2.75, 3.05) is 40.9 Å². The van der Waals surface area contributed by atoms with Crippen LogP contribution < -0.4 is 16.1 Å². The Kier molecular flexibility index (Phi) is 14.0. The predicted molar refractivity (Wildman–Crippen MR) is 251 cm³/mol. The van der Waals surface area contributed by atoms with Crippen molar-refractivity contribution in [1.82, 2.24) is 40.4 Å². The van der Waals surface area contributed by atoms with E-state index in [0.717, 1.165) is 38.9 Å². The van der Waals surface area contributed by atoms with Gasteiger partial charge in [-0.05, 0) is 104 Å². The normalized spacial score (nSPS) is 20.9. The number of amides is 4. The van der Waals surface area contributed by atoms with Crippen molar-refractivity contribution in [1.29, 1.82) is 0 Å². The van der Waals surface area contributed by atoms with E-state index in [2.05, 4.69) is 58.5 Å². The SMILES string of the molecule is CCn1c(-c2cnccc2COC)c2c3cc(ccc31)-c1cc(O)cc(c1)C[C@H](NC(=O)C(C(C)C)N(C)C(=O)CN(C)C(=O)[C@@H]1NC1(C)C)C(=O)N1CCC[C@H](N1)C(=O)OCC(C)(C)C2.